The Bertz CT molecular complexity index is 510. The number of allylic oxidation sites excluding steroid dienone is 2. The molecule has 0 unspecified atom stereocenters. The average Bonchev–Trinajstić information content (AvgIpc) is 3.05. The van der Waals surface area contributed by atoms with Crippen molar-refractivity contribution in [3.63, 3.8) is 0 Å². The smallest absolute Gasteiger partial charge is 0.228 e. The number of hydrogen-bond acceptors (Lipinski definition) is 2. The molecule has 0 aromatic heterocycles. The number of nitrogens with one attached hydrogen (secondary N) is 1. The molecule has 1 fully saturated rings. The number of likely N-dealkylation sites (tertiary alicyclic amines) is 1. The van der Waals surface area contributed by atoms with Gasteiger partial charge in [0.05, 0.1) is 0 Å². The van der Waals surface area contributed by atoms with E-state index in [0.29, 0.717) is 0 Å². The Morgan fingerprint density at radius 2 is 1.81 bits per heavy atom. The maximum atomic E-state index is 12.3. The Labute approximate surface area is 127 Å². The van der Waals surface area contributed by atoms with E-state index >= 15 is 0 Å². The number of rotatable bonds is 4. The Morgan fingerprint density at radius 1 is 1.10 bits per heavy atom. The molecule has 0 spiro atoms. The lowest BCUT2D eigenvalue weighted by molar-refractivity contribution is -0.119. The van der Waals surface area contributed by atoms with Gasteiger partial charge in [-0.2, -0.15) is 0 Å². The lowest BCUT2D eigenvalue weighted by Gasteiger charge is -2.27. The molecule has 21 heavy (non-hydrogen) atoms. The van der Waals surface area contributed by atoms with Gasteiger partial charge >= 0.3 is 0 Å². The quantitative estimate of drug-likeness (QED) is 0.857. The largest absolute Gasteiger partial charge is 0.326 e. The first kappa shape index (κ1) is 14.3. The molecule has 3 heteroatoms. The Kier molecular flexibility index (Phi) is 4.71. The maximum Gasteiger partial charge on any atom is 0.228 e. The highest BCUT2D eigenvalue weighted by Crippen LogP contribution is 2.23. The van der Waals surface area contributed by atoms with Crippen molar-refractivity contribution >= 4 is 11.6 Å². The molecule has 0 saturated carbocycles. The topological polar surface area (TPSA) is 32.3 Å². The molecule has 1 N–H and O–H groups in total. The van der Waals surface area contributed by atoms with Gasteiger partial charge in [0.1, 0.15) is 0 Å². The third-order valence-corrected chi connectivity index (χ3v) is 4.50. The molecule has 0 bridgehead atoms. The second kappa shape index (κ2) is 6.90. The molecule has 0 atom stereocenters. The normalized spacial score (nSPS) is 19.8. The number of piperidine rings is 1. The van der Waals surface area contributed by atoms with Crippen molar-refractivity contribution in [3.05, 3.63) is 42.0 Å². The number of nitrogens with zero attached hydrogens (tertiary/aromatic N) is 1. The van der Waals surface area contributed by atoms with Crippen molar-refractivity contribution in [2.45, 2.75) is 38.6 Å². The summed E-state index contributed by atoms with van der Waals surface area (Å²) in [5.74, 6) is 0.277. The second-order valence-corrected chi connectivity index (χ2v) is 6.12. The van der Waals surface area contributed by atoms with Crippen LogP contribution < -0.4 is 5.32 Å². The Morgan fingerprint density at radius 3 is 2.57 bits per heavy atom. The predicted molar refractivity (Wildman–Crippen MR) is 86.1 cm³/mol. The summed E-state index contributed by atoms with van der Waals surface area (Å²) in [6.07, 6.45) is 9.89. The van der Waals surface area contributed by atoms with Gasteiger partial charge in [0.25, 0.3) is 0 Å². The van der Waals surface area contributed by atoms with Crippen LogP contribution in [0.3, 0.4) is 0 Å². The van der Waals surface area contributed by atoms with Crippen LogP contribution in [0.5, 0.6) is 0 Å². The fourth-order valence-corrected chi connectivity index (χ4v) is 3.20. The van der Waals surface area contributed by atoms with Crippen molar-refractivity contribution in [2.75, 3.05) is 18.4 Å². The third kappa shape index (κ3) is 3.73. The minimum absolute atomic E-state index is 0.119. The van der Waals surface area contributed by atoms with Gasteiger partial charge in [-0.1, -0.05) is 36.8 Å². The second-order valence-electron chi connectivity index (χ2n) is 6.12. The van der Waals surface area contributed by atoms with Gasteiger partial charge in [-0.05, 0) is 50.4 Å². The number of carbonyl (C=O) groups is 1. The zero-order valence-electron chi connectivity index (χ0n) is 12.6. The van der Waals surface area contributed by atoms with Crippen LogP contribution in [0.4, 0.5) is 5.69 Å². The maximum absolute atomic E-state index is 12.3. The number of hydrogen-bond donors (Lipinski definition) is 1. The minimum Gasteiger partial charge on any atom is -0.326 e. The van der Waals surface area contributed by atoms with E-state index in [2.05, 4.69) is 34.5 Å². The number of benzene rings is 1. The van der Waals surface area contributed by atoms with E-state index in [1.807, 2.05) is 12.1 Å². The first-order chi connectivity index (χ1) is 10.3. The fraction of sp³-hybridized carbons (Fsp3) is 0.500. The van der Waals surface area contributed by atoms with Crippen LogP contribution >= 0.6 is 0 Å². The van der Waals surface area contributed by atoms with Gasteiger partial charge in [0, 0.05) is 18.2 Å². The van der Waals surface area contributed by atoms with Crippen LogP contribution in [-0.4, -0.2) is 23.9 Å². The molecular weight excluding hydrogens is 260 g/mol. The van der Waals surface area contributed by atoms with E-state index in [4.69, 9.17) is 0 Å². The van der Waals surface area contributed by atoms with Gasteiger partial charge in [0.2, 0.25) is 5.91 Å². The van der Waals surface area contributed by atoms with Crippen molar-refractivity contribution in [3.8, 4) is 0 Å². The first-order valence-electron chi connectivity index (χ1n) is 8.09. The zero-order chi connectivity index (χ0) is 14.5. The van der Waals surface area contributed by atoms with E-state index in [1.165, 1.54) is 37.9 Å². The van der Waals surface area contributed by atoms with Crippen LogP contribution in [0.1, 0.15) is 37.7 Å². The predicted octanol–water partition coefficient (Wildman–Crippen LogP) is 3.58. The molecule has 1 aromatic carbocycles. The molecule has 2 aliphatic rings. The summed E-state index contributed by atoms with van der Waals surface area (Å²) >= 11 is 0. The van der Waals surface area contributed by atoms with Crippen molar-refractivity contribution in [1.29, 1.82) is 0 Å². The van der Waals surface area contributed by atoms with Crippen LogP contribution in [0, 0.1) is 5.92 Å². The standard InChI is InChI=1S/C18H24N2O/c21-18(15-8-2-3-9-15)19-17-11-5-4-10-16(17)14-20-12-6-1-7-13-20/h2-5,10-11,15H,1,6-9,12-14H2,(H,19,21). The Hall–Kier alpha value is -1.61. The van der Waals surface area contributed by atoms with Crippen LogP contribution in [-0.2, 0) is 11.3 Å². The molecule has 1 saturated heterocycles. The lowest BCUT2D eigenvalue weighted by atomic mass is 10.1. The SMILES string of the molecule is O=C(Nc1ccccc1CN1CCCCC1)C1CC=CC1. The van der Waals surface area contributed by atoms with Gasteiger partial charge in [-0.15, -0.1) is 0 Å². The lowest BCUT2D eigenvalue weighted by Crippen LogP contribution is -2.30. The molecule has 1 amide bonds. The summed E-state index contributed by atoms with van der Waals surface area (Å²) in [6.45, 7) is 3.29. The summed E-state index contributed by atoms with van der Waals surface area (Å²) in [6, 6.07) is 8.23. The van der Waals surface area contributed by atoms with Crippen molar-refractivity contribution in [2.24, 2.45) is 5.92 Å². The minimum atomic E-state index is 0.119. The summed E-state index contributed by atoms with van der Waals surface area (Å²) in [4.78, 5) is 14.8. The molecule has 1 aromatic rings. The van der Waals surface area contributed by atoms with Crippen molar-refractivity contribution < 1.29 is 4.79 Å². The van der Waals surface area contributed by atoms with E-state index in [0.717, 1.165) is 25.1 Å². The molecule has 1 heterocycles. The summed E-state index contributed by atoms with van der Waals surface area (Å²) in [5.41, 5.74) is 2.22. The van der Waals surface area contributed by atoms with Gasteiger partial charge in [0.15, 0.2) is 0 Å². The van der Waals surface area contributed by atoms with Crippen LogP contribution in [0.15, 0.2) is 36.4 Å². The molecule has 112 valence electrons. The van der Waals surface area contributed by atoms with Crippen LogP contribution in [0.2, 0.25) is 0 Å². The number of anilines is 1. The van der Waals surface area contributed by atoms with Crippen LogP contribution in [0.25, 0.3) is 0 Å². The summed E-state index contributed by atoms with van der Waals surface area (Å²) in [5, 5.41) is 3.14. The fourth-order valence-electron chi connectivity index (χ4n) is 3.20. The molecule has 1 aliphatic carbocycles. The molecular formula is C18H24N2O. The highest BCUT2D eigenvalue weighted by Gasteiger charge is 2.20. The van der Waals surface area contributed by atoms with E-state index in [-0.39, 0.29) is 11.8 Å². The first-order valence-corrected chi connectivity index (χ1v) is 8.09. The molecule has 0 radical (unpaired) electrons. The number of para-hydroxylation sites is 1. The Balaban J connectivity index is 1.65. The molecule has 3 rings (SSSR count). The monoisotopic (exact) mass is 284 g/mol. The van der Waals surface area contributed by atoms with Gasteiger partial charge in [-0.25, -0.2) is 0 Å². The highest BCUT2D eigenvalue weighted by atomic mass is 16.1. The van der Waals surface area contributed by atoms with E-state index < -0.39 is 0 Å². The van der Waals surface area contributed by atoms with Gasteiger partial charge in [-0.3, -0.25) is 9.69 Å². The highest BCUT2D eigenvalue weighted by molar-refractivity contribution is 5.93. The zero-order valence-corrected chi connectivity index (χ0v) is 12.6. The van der Waals surface area contributed by atoms with Gasteiger partial charge < -0.3 is 5.32 Å². The summed E-state index contributed by atoms with van der Waals surface area (Å²) < 4.78 is 0. The van der Waals surface area contributed by atoms with Crippen molar-refractivity contribution in [1.82, 2.24) is 4.90 Å². The number of carbonyl (C=O) groups excluding carboxylic acids is 1. The molecule has 3 nitrogen and oxygen atoms in total. The molecule has 1 aliphatic heterocycles. The average molecular weight is 284 g/mol. The third-order valence-electron chi connectivity index (χ3n) is 4.50. The van der Waals surface area contributed by atoms with E-state index in [9.17, 15) is 4.79 Å². The number of amides is 1. The summed E-state index contributed by atoms with van der Waals surface area (Å²) in [7, 11) is 0. The van der Waals surface area contributed by atoms with E-state index in [1.54, 1.807) is 0 Å².